The molecular weight excluding hydrogens is 305 g/mol. The lowest BCUT2D eigenvalue weighted by Crippen LogP contribution is -2.33. The third-order valence-corrected chi connectivity index (χ3v) is 2.59. The maximum Gasteiger partial charge on any atom is 0.244 e. The Morgan fingerprint density at radius 3 is 2.73 bits per heavy atom. The van der Waals surface area contributed by atoms with E-state index < -0.39 is 0 Å². The van der Waals surface area contributed by atoms with Gasteiger partial charge in [0, 0.05) is 12.7 Å². The lowest BCUT2D eigenvalue weighted by Gasteiger charge is -2.13. The molecule has 1 atom stereocenters. The summed E-state index contributed by atoms with van der Waals surface area (Å²) in [6.45, 7) is 6.70. The summed E-state index contributed by atoms with van der Waals surface area (Å²) in [5, 5.41) is 7.00. The van der Waals surface area contributed by atoms with Crippen molar-refractivity contribution in [2.24, 2.45) is 5.92 Å². The molecule has 0 bridgehead atoms. The maximum absolute atomic E-state index is 11.7. The molecule has 1 amide bonds. The number of nitrogens with zero attached hydrogens (tertiary/aromatic N) is 2. The molecule has 0 spiro atoms. The number of hydrogen-bond donors (Lipinski definition) is 1. The molecule has 1 aromatic heterocycles. The molecule has 1 unspecified atom stereocenters. The molecule has 1 aromatic rings. The van der Waals surface area contributed by atoms with Crippen LogP contribution in [0.5, 0.6) is 0 Å². The van der Waals surface area contributed by atoms with E-state index in [1.165, 1.54) is 0 Å². The minimum Gasteiger partial charge on any atom is -0.354 e. The predicted octanol–water partition coefficient (Wildman–Crippen LogP) is 1.82. The molecule has 4 nitrogen and oxygen atoms in total. The number of carbonyl (C=O) groups is 1. The standard InChI is InChI=1S/C10H16IN3O/c1-7(2)4-12-10(15)8(3)14-6-9(11)5-13-14/h5-8H,4H2,1-3H3,(H,12,15). The largest absolute Gasteiger partial charge is 0.354 e. The van der Waals surface area contributed by atoms with E-state index in [0.29, 0.717) is 12.5 Å². The van der Waals surface area contributed by atoms with Crippen LogP contribution in [0.15, 0.2) is 12.4 Å². The Balaban J connectivity index is 2.53. The zero-order valence-electron chi connectivity index (χ0n) is 9.20. The van der Waals surface area contributed by atoms with Crippen LogP contribution in [0.25, 0.3) is 0 Å². The molecule has 0 radical (unpaired) electrons. The molecule has 0 saturated heterocycles. The van der Waals surface area contributed by atoms with Crippen molar-refractivity contribution in [2.45, 2.75) is 26.8 Å². The second-order valence-corrected chi connectivity index (χ2v) is 5.20. The van der Waals surface area contributed by atoms with E-state index >= 15 is 0 Å². The van der Waals surface area contributed by atoms with Gasteiger partial charge in [0.25, 0.3) is 0 Å². The van der Waals surface area contributed by atoms with Crippen LogP contribution in [0.2, 0.25) is 0 Å². The summed E-state index contributed by atoms with van der Waals surface area (Å²) in [5.41, 5.74) is 0. The Kier molecular flexibility index (Phi) is 4.56. The van der Waals surface area contributed by atoms with Crippen molar-refractivity contribution >= 4 is 28.5 Å². The fourth-order valence-corrected chi connectivity index (χ4v) is 1.51. The van der Waals surface area contributed by atoms with Crippen LogP contribution in [0.1, 0.15) is 26.8 Å². The molecule has 0 aliphatic rings. The monoisotopic (exact) mass is 321 g/mol. The van der Waals surface area contributed by atoms with Crippen molar-refractivity contribution in [3.05, 3.63) is 16.0 Å². The average molecular weight is 321 g/mol. The summed E-state index contributed by atoms with van der Waals surface area (Å²) >= 11 is 2.17. The zero-order valence-corrected chi connectivity index (χ0v) is 11.4. The van der Waals surface area contributed by atoms with Crippen molar-refractivity contribution in [2.75, 3.05) is 6.54 Å². The molecule has 1 heterocycles. The summed E-state index contributed by atoms with van der Waals surface area (Å²) in [7, 11) is 0. The minimum absolute atomic E-state index is 0.0169. The van der Waals surface area contributed by atoms with Gasteiger partial charge in [-0.05, 0) is 35.4 Å². The van der Waals surface area contributed by atoms with Crippen molar-refractivity contribution in [3.63, 3.8) is 0 Å². The quantitative estimate of drug-likeness (QED) is 0.860. The van der Waals surface area contributed by atoms with Crippen molar-refractivity contribution in [1.29, 1.82) is 0 Å². The minimum atomic E-state index is -0.243. The van der Waals surface area contributed by atoms with Crippen LogP contribution >= 0.6 is 22.6 Å². The highest BCUT2D eigenvalue weighted by atomic mass is 127. The van der Waals surface area contributed by atoms with Gasteiger partial charge in [-0.3, -0.25) is 9.48 Å². The van der Waals surface area contributed by atoms with Gasteiger partial charge < -0.3 is 5.32 Å². The highest BCUT2D eigenvalue weighted by Crippen LogP contribution is 2.08. The molecule has 0 saturated carbocycles. The molecule has 0 aliphatic carbocycles. The van der Waals surface area contributed by atoms with E-state index in [-0.39, 0.29) is 11.9 Å². The van der Waals surface area contributed by atoms with Gasteiger partial charge in [-0.1, -0.05) is 13.8 Å². The first-order valence-electron chi connectivity index (χ1n) is 4.98. The average Bonchev–Trinajstić information content (AvgIpc) is 2.60. The smallest absolute Gasteiger partial charge is 0.244 e. The molecule has 0 aromatic carbocycles. The number of amides is 1. The highest BCUT2D eigenvalue weighted by molar-refractivity contribution is 14.1. The van der Waals surface area contributed by atoms with Gasteiger partial charge >= 0.3 is 0 Å². The van der Waals surface area contributed by atoms with Gasteiger partial charge in [0.15, 0.2) is 0 Å². The summed E-state index contributed by atoms with van der Waals surface area (Å²) in [6, 6.07) is -0.243. The third-order valence-electron chi connectivity index (χ3n) is 2.03. The first kappa shape index (κ1) is 12.5. The van der Waals surface area contributed by atoms with E-state index in [9.17, 15) is 4.79 Å². The van der Waals surface area contributed by atoms with Crippen molar-refractivity contribution in [3.8, 4) is 0 Å². The third kappa shape index (κ3) is 3.81. The number of halogens is 1. The molecule has 0 fully saturated rings. The molecule has 15 heavy (non-hydrogen) atoms. The van der Waals surface area contributed by atoms with E-state index in [1.54, 1.807) is 10.9 Å². The van der Waals surface area contributed by atoms with Crippen molar-refractivity contribution < 1.29 is 4.79 Å². The number of nitrogens with one attached hydrogen (secondary N) is 1. The highest BCUT2D eigenvalue weighted by Gasteiger charge is 2.15. The normalized spacial score (nSPS) is 12.9. The fraction of sp³-hybridized carbons (Fsp3) is 0.600. The van der Waals surface area contributed by atoms with Gasteiger partial charge in [-0.25, -0.2) is 0 Å². The first-order valence-corrected chi connectivity index (χ1v) is 6.06. The van der Waals surface area contributed by atoms with Crippen LogP contribution in [-0.4, -0.2) is 22.2 Å². The maximum atomic E-state index is 11.7. The molecule has 5 heteroatoms. The number of aromatic nitrogens is 2. The van der Waals surface area contributed by atoms with Crippen molar-refractivity contribution in [1.82, 2.24) is 15.1 Å². The Labute approximate surface area is 104 Å². The van der Waals surface area contributed by atoms with Crippen LogP contribution < -0.4 is 5.32 Å². The van der Waals surface area contributed by atoms with Crippen LogP contribution in [0, 0.1) is 9.49 Å². The first-order chi connectivity index (χ1) is 7.00. The van der Waals surface area contributed by atoms with Crippen LogP contribution in [-0.2, 0) is 4.79 Å². The summed E-state index contributed by atoms with van der Waals surface area (Å²) in [4.78, 5) is 11.7. The van der Waals surface area contributed by atoms with E-state index in [2.05, 4.69) is 46.9 Å². The predicted molar refractivity (Wildman–Crippen MR) is 67.5 cm³/mol. The SMILES string of the molecule is CC(C)CNC(=O)C(C)n1cc(I)cn1. The van der Waals surface area contributed by atoms with E-state index in [1.807, 2.05) is 13.1 Å². The summed E-state index contributed by atoms with van der Waals surface area (Å²) < 4.78 is 2.72. The van der Waals surface area contributed by atoms with Crippen LogP contribution in [0.4, 0.5) is 0 Å². The Hall–Kier alpha value is -0.590. The second kappa shape index (κ2) is 5.48. The molecule has 1 N–H and O–H groups in total. The van der Waals surface area contributed by atoms with Crippen LogP contribution in [0.3, 0.4) is 0 Å². The van der Waals surface area contributed by atoms with Gasteiger partial charge in [0.05, 0.1) is 9.77 Å². The summed E-state index contributed by atoms with van der Waals surface area (Å²) in [6.07, 6.45) is 3.60. The molecule has 0 aliphatic heterocycles. The Bertz CT molecular complexity index is 335. The Morgan fingerprint density at radius 2 is 2.27 bits per heavy atom. The van der Waals surface area contributed by atoms with Gasteiger partial charge in [-0.15, -0.1) is 0 Å². The number of carbonyl (C=O) groups excluding carboxylic acids is 1. The summed E-state index contributed by atoms with van der Waals surface area (Å²) in [5.74, 6) is 0.488. The van der Waals surface area contributed by atoms with E-state index in [4.69, 9.17) is 0 Å². The van der Waals surface area contributed by atoms with E-state index in [0.717, 1.165) is 3.57 Å². The van der Waals surface area contributed by atoms with Gasteiger partial charge in [0.2, 0.25) is 5.91 Å². The zero-order chi connectivity index (χ0) is 11.4. The number of rotatable bonds is 4. The lowest BCUT2D eigenvalue weighted by atomic mass is 10.2. The lowest BCUT2D eigenvalue weighted by molar-refractivity contribution is -0.124. The van der Waals surface area contributed by atoms with Gasteiger partial charge in [0.1, 0.15) is 6.04 Å². The molecule has 1 rings (SSSR count). The fourth-order valence-electron chi connectivity index (χ4n) is 1.10. The molecule has 84 valence electrons. The van der Waals surface area contributed by atoms with Gasteiger partial charge in [-0.2, -0.15) is 5.10 Å². The number of hydrogen-bond acceptors (Lipinski definition) is 2. The topological polar surface area (TPSA) is 46.9 Å². The second-order valence-electron chi connectivity index (χ2n) is 3.95. The Morgan fingerprint density at radius 1 is 1.60 bits per heavy atom. The molecular formula is C10H16IN3O.